The molecule has 38 heavy (non-hydrogen) atoms. The van der Waals surface area contributed by atoms with Crippen molar-refractivity contribution in [3.8, 4) is 0 Å². The summed E-state index contributed by atoms with van der Waals surface area (Å²) in [5.74, 6) is -0.106. The predicted octanol–water partition coefficient (Wildman–Crippen LogP) is 6.78. The summed E-state index contributed by atoms with van der Waals surface area (Å²) in [7, 11) is 0. The highest BCUT2D eigenvalue weighted by molar-refractivity contribution is 5.88. The second kappa shape index (κ2) is 13.4. The predicted molar refractivity (Wildman–Crippen MR) is 157 cm³/mol. The largest absolute Gasteiger partial charge is 0.352 e. The number of hydrogen-bond acceptors (Lipinski definition) is 2. The van der Waals surface area contributed by atoms with Crippen LogP contribution in [-0.2, 0) is 34.4 Å². The molecule has 0 aliphatic heterocycles. The van der Waals surface area contributed by atoms with Gasteiger partial charge in [-0.1, -0.05) is 112 Å². The minimum absolute atomic E-state index is 0.00774. The first kappa shape index (κ1) is 29.2. The summed E-state index contributed by atoms with van der Waals surface area (Å²) in [5.41, 5.74) is 5.70. The monoisotopic (exact) mass is 512 g/mol. The number of nitrogens with zero attached hydrogens (tertiary/aromatic N) is 1. The zero-order valence-corrected chi connectivity index (χ0v) is 24.0. The maximum atomic E-state index is 13.9. The fourth-order valence-electron chi connectivity index (χ4n) is 4.57. The van der Waals surface area contributed by atoms with E-state index in [9.17, 15) is 9.59 Å². The molecule has 0 bridgehead atoms. The molecule has 2 atom stereocenters. The van der Waals surface area contributed by atoms with Gasteiger partial charge in [0.1, 0.15) is 6.04 Å². The number of nitrogens with one attached hydrogen (secondary N) is 1. The van der Waals surface area contributed by atoms with E-state index < -0.39 is 6.04 Å². The van der Waals surface area contributed by atoms with E-state index in [1.165, 1.54) is 5.56 Å². The number of carbonyl (C=O) groups is 2. The molecule has 4 nitrogen and oxygen atoms in total. The second-order valence-electron chi connectivity index (χ2n) is 11.5. The third-order valence-electron chi connectivity index (χ3n) is 7.16. The van der Waals surface area contributed by atoms with Crippen molar-refractivity contribution in [2.24, 2.45) is 0 Å². The summed E-state index contributed by atoms with van der Waals surface area (Å²) in [4.78, 5) is 29.3. The van der Waals surface area contributed by atoms with E-state index in [-0.39, 0.29) is 23.3 Å². The maximum absolute atomic E-state index is 13.9. The molecule has 4 heteroatoms. The standard InChI is InChI=1S/C34H44N2O2/c1-7-26(3)35-33(38)31(23-28-13-9-8-10-14-28)36(24-29-15-11-12-25(2)22-29)32(37)21-18-27-16-19-30(20-17-27)34(4,5)6/h8-17,19-20,22,26,31H,7,18,21,23-24H2,1-6H3,(H,35,38)/t26-,31-/m0/s1. The topological polar surface area (TPSA) is 49.4 Å². The number of carbonyl (C=O) groups excluding carboxylic acids is 2. The van der Waals surface area contributed by atoms with Gasteiger partial charge in [0.25, 0.3) is 0 Å². The van der Waals surface area contributed by atoms with E-state index in [2.05, 4.69) is 63.3 Å². The SMILES string of the molecule is CC[C@H](C)NC(=O)[C@H](Cc1ccccc1)N(Cc1cccc(C)c1)C(=O)CCc1ccc(C(C)(C)C)cc1. The zero-order valence-electron chi connectivity index (χ0n) is 24.0. The number of aryl methyl sites for hydroxylation is 2. The molecule has 0 heterocycles. The molecule has 3 aromatic carbocycles. The highest BCUT2D eigenvalue weighted by Gasteiger charge is 2.30. The van der Waals surface area contributed by atoms with Crippen LogP contribution in [-0.4, -0.2) is 28.8 Å². The first-order chi connectivity index (χ1) is 18.1. The Balaban J connectivity index is 1.89. The molecule has 0 aliphatic rings. The first-order valence-corrected chi connectivity index (χ1v) is 13.9. The van der Waals surface area contributed by atoms with Crippen LogP contribution in [0.3, 0.4) is 0 Å². The number of rotatable bonds is 11. The van der Waals surface area contributed by atoms with Gasteiger partial charge in [-0.15, -0.1) is 0 Å². The van der Waals surface area contributed by atoms with Gasteiger partial charge in [0.15, 0.2) is 0 Å². The Kier molecular flexibility index (Phi) is 10.3. The van der Waals surface area contributed by atoms with Gasteiger partial charge in [-0.3, -0.25) is 9.59 Å². The Morgan fingerprint density at radius 2 is 1.53 bits per heavy atom. The van der Waals surface area contributed by atoms with E-state index in [0.29, 0.717) is 25.8 Å². The van der Waals surface area contributed by atoms with Crippen LogP contribution in [0.4, 0.5) is 0 Å². The van der Waals surface area contributed by atoms with Crippen molar-refractivity contribution < 1.29 is 9.59 Å². The van der Waals surface area contributed by atoms with E-state index in [1.807, 2.05) is 62.4 Å². The number of benzene rings is 3. The van der Waals surface area contributed by atoms with Crippen molar-refractivity contribution in [2.45, 2.75) is 91.3 Å². The molecular weight excluding hydrogens is 468 g/mol. The highest BCUT2D eigenvalue weighted by Crippen LogP contribution is 2.23. The van der Waals surface area contributed by atoms with Crippen molar-refractivity contribution in [3.63, 3.8) is 0 Å². The summed E-state index contributed by atoms with van der Waals surface area (Å²) in [5, 5.41) is 3.14. The van der Waals surface area contributed by atoms with Gasteiger partial charge in [0.2, 0.25) is 11.8 Å². The summed E-state index contributed by atoms with van der Waals surface area (Å²) < 4.78 is 0. The molecule has 0 aromatic heterocycles. The highest BCUT2D eigenvalue weighted by atomic mass is 16.2. The molecule has 0 saturated carbocycles. The van der Waals surface area contributed by atoms with Crippen LogP contribution in [0, 0.1) is 6.92 Å². The Labute approximate surface area is 229 Å². The summed E-state index contributed by atoms with van der Waals surface area (Å²) in [6.45, 7) is 13.1. The third kappa shape index (κ3) is 8.58. The fourth-order valence-corrected chi connectivity index (χ4v) is 4.57. The van der Waals surface area contributed by atoms with Crippen molar-refractivity contribution in [2.75, 3.05) is 0 Å². The van der Waals surface area contributed by atoms with E-state index in [1.54, 1.807) is 4.90 Å². The van der Waals surface area contributed by atoms with Gasteiger partial charge in [-0.2, -0.15) is 0 Å². The summed E-state index contributed by atoms with van der Waals surface area (Å²) >= 11 is 0. The first-order valence-electron chi connectivity index (χ1n) is 13.9. The van der Waals surface area contributed by atoms with Crippen LogP contribution >= 0.6 is 0 Å². The van der Waals surface area contributed by atoms with Crippen molar-refractivity contribution >= 4 is 11.8 Å². The lowest BCUT2D eigenvalue weighted by atomic mass is 9.86. The summed E-state index contributed by atoms with van der Waals surface area (Å²) in [6.07, 6.45) is 2.29. The van der Waals surface area contributed by atoms with Crippen molar-refractivity contribution in [1.82, 2.24) is 10.2 Å². The minimum Gasteiger partial charge on any atom is -0.352 e. The van der Waals surface area contributed by atoms with Crippen LogP contribution in [0.15, 0.2) is 78.9 Å². The van der Waals surface area contributed by atoms with Gasteiger partial charge in [0, 0.05) is 25.4 Å². The molecule has 0 saturated heterocycles. The molecule has 0 aliphatic carbocycles. The Bertz CT molecular complexity index is 1180. The average molecular weight is 513 g/mol. The van der Waals surface area contributed by atoms with Gasteiger partial charge < -0.3 is 10.2 Å². The van der Waals surface area contributed by atoms with Crippen molar-refractivity contribution in [1.29, 1.82) is 0 Å². The molecule has 0 fully saturated rings. The molecule has 0 unspecified atom stereocenters. The van der Waals surface area contributed by atoms with Crippen LogP contribution in [0.5, 0.6) is 0 Å². The third-order valence-corrected chi connectivity index (χ3v) is 7.16. The Morgan fingerprint density at radius 1 is 0.868 bits per heavy atom. The zero-order chi connectivity index (χ0) is 27.7. The van der Waals surface area contributed by atoms with Crippen LogP contribution < -0.4 is 5.32 Å². The molecule has 0 radical (unpaired) electrons. The smallest absolute Gasteiger partial charge is 0.243 e. The lowest BCUT2D eigenvalue weighted by Gasteiger charge is -2.32. The average Bonchev–Trinajstić information content (AvgIpc) is 2.89. The fraction of sp³-hybridized carbons (Fsp3) is 0.412. The van der Waals surface area contributed by atoms with Crippen LogP contribution in [0.2, 0.25) is 0 Å². The molecule has 0 spiro atoms. The lowest BCUT2D eigenvalue weighted by Crippen LogP contribution is -2.52. The lowest BCUT2D eigenvalue weighted by molar-refractivity contribution is -0.141. The minimum atomic E-state index is -0.595. The Hall–Kier alpha value is -3.40. The van der Waals surface area contributed by atoms with Gasteiger partial charge >= 0.3 is 0 Å². The molecule has 1 N–H and O–H groups in total. The van der Waals surface area contributed by atoms with Crippen molar-refractivity contribution in [3.05, 3.63) is 107 Å². The Morgan fingerprint density at radius 3 is 2.13 bits per heavy atom. The van der Waals surface area contributed by atoms with Gasteiger partial charge in [0.05, 0.1) is 0 Å². The normalized spacial score (nSPS) is 13.0. The van der Waals surface area contributed by atoms with E-state index in [0.717, 1.165) is 28.7 Å². The molecular formula is C34H44N2O2. The molecule has 2 amide bonds. The second-order valence-corrected chi connectivity index (χ2v) is 11.5. The summed E-state index contributed by atoms with van der Waals surface area (Å²) in [6, 6.07) is 26.2. The molecule has 3 rings (SSSR count). The van der Waals surface area contributed by atoms with Gasteiger partial charge in [-0.05, 0) is 54.4 Å². The number of hydrogen-bond donors (Lipinski definition) is 1. The maximum Gasteiger partial charge on any atom is 0.243 e. The van der Waals surface area contributed by atoms with Gasteiger partial charge in [-0.25, -0.2) is 0 Å². The molecule has 3 aromatic rings. The van der Waals surface area contributed by atoms with Crippen LogP contribution in [0.25, 0.3) is 0 Å². The van der Waals surface area contributed by atoms with E-state index >= 15 is 0 Å². The van der Waals surface area contributed by atoms with E-state index in [4.69, 9.17) is 0 Å². The van der Waals surface area contributed by atoms with Crippen LogP contribution in [0.1, 0.15) is 75.3 Å². The molecule has 202 valence electrons. The quantitative estimate of drug-likeness (QED) is 0.308. The number of amides is 2.